The summed E-state index contributed by atoms with van der Waals surface area (Å²) in [5, 5.41) is 16.9. The molecular weight excluding hydrogens is 438 g/mol. The number of ether oxygens (including phenoxy) is 3. The number of methoxy groups -OCH3 is 1. The summed E-state index contributed by atoms with van der Waals surface area (Å²) in [6.45, 7) is 5.70. The molecule has 0 aromatic carbocycles. The van der Waals surface area contributed by atoms with E-state index < -0.39 is 0 Å². The van der Waals surface area contributed by atoms with Crippen molar-refractivity contribution in [2.75, 3.05) is 26.9 Å². The highest BCUT2D eigenvalue weighted by Gasteiger charge is 2.27. The molecule has 0 aliphatic carbocycles. The number of fused-ring (bicyclic) bond motifs is 2. The minimum atomic E-state index is 0.267. The second kappa shape index (κ2) is 8.65. The van der Waals surface area contributed by atoms with Crippen molar-refractivity contribution in [2.24, 2.45) is 0 Å². The molecule has 11 nitrogen and oxygen atoms in total. The predicted octanol–water partition coefficient (Wildman–Crippen LogP) is 2.22. The number of hydrogen-bond acceptors (Lipinski definition) is 10. The number of aromatic nitrogens is 6. The molecule has 1 fully saturated rings. The molecule has 0 saturated carbocycles. The molecule has 0 unspecified atom stereocenters. The molecule has 2 aliphatic rings. The first-order valence-corrected chi connectivity index (χ1v) is 11.3. The molecule has 0 N–H and O–H groups in total. The van der Waals surface area contributed by atoms with Crippen LogP contribution in [0.3, 0.4) is 0 Å². The van der Waals surface area contributed by atoms with Crippen LogP contribution in [0.2, 0.25) is 0 Å². The van der Waals surface area contributed by atoms with Crippen molar-refractivity contribution in [2.45, 2.75) is 39.0 Å². The van der Waals surface area contributed by atoms with E-state index in [-0.39, 0.29) is 6.61 Å². The third-order valence-electron chi connectivity index (χ3n) is 6.32. The van der Waals surface area contributed by atoms with E-state index >= 15 is 0 Å². The Morgan fingerprint density at radius 2 is 2.15 bits per heavy atom. The SMILES string of the molecule is COc1cc2nnc(-c3cc(C)on3)n2nc1OCc1ccc2c(n1)CCN([C@@H]1CCOC1)C2. The van der Waals surface area contributed by atoms with Gasteiger partial charge in [-0.15, -0.1) is 15.3 Å². The van der Waals surface area contributed by atoms with Gasteiger partial charge in [-0.1, -0.05) is 11.2 Å². The van der Waals surface area contributed by atoms with Crippen molar-refractivity contribution in [3.63, 3.8) is 0 Å². The lowest BCUT2D eigenvalue weighted by Crippen LogP contribution is -2.39. The highest BCUT2D eigenvalue weighted by Crippen LogP contribution is 2.28. The zero-order chi connectivity index (χ0) is 23.1. The Morgan fingerprint density at radius 3 is 2.94 bits per heavy atom. The summed E-state index contributed by atoms with van der Waals surface area (Å²) in [4.78, 5) is 7.36. The van der Waals surface area contributed by atoms with E-state index in [1.165, 1.54) is 5.56 Å². The van der Waals surface area contributed by atoms with E-state index in [9.17, 15) is 0 Å². The minimum Gasteiger partial charge on any atom is -0.491 e. The van der Waals surface area contributed by atoms with Gasteiger partial charge in [0.1, 0.15) is 12.4 Å². The molecule has 4 aromatic rings. The number of hydrogen-bond donors (Lipinski definition) is 0. The van der Waals surface area contributed by atoms with Crippen molar-refractivity contribution >= 4 is 5.65 Å². The summed E-state index contributed by atoms with van der Waals surface area (Å²) in [5.41, 5.74) is 4.31. The summed E-state index contributed by atoms with van der Waals surface area (Å²) in [6.07, 6.45) is 2.03. The molecule has 11 heteroatoms. The highest BCUT2D eigenvalue weighted by molar-refractivity contribution is 5.56. The van der Waals surface area contributed by atoms with E-state index in [2.05, 4.69) is 31.4 Å². The van der Waals surface area contributed by atoms with Gasteiger partial charge >= 0.3 is 0 Å². The number of pyridine rings is 1. The first-order valence-electron chi connectivity index (χ1n) is 11.3. The average Bonchev–Trinajstić information content (AvgIpc) is 3.62. The molecule has 4 aromatic heterocycles. The molecule has 0 amide bonds. The standard InChI is InChI=1S/C23H25N7O4/c1-14-9-19(28-34-14)22-26-25-21-10-20(31-2)23(27-30(21)22)33-12-16-4-3-15-11-29(7-5-18(15)24-16)17-6-8-32-13-17/h3-4,9-10,17H,5-8,11-13H2,1-2H3/t17-/m1/s1. The zero-order valence-corrected chi connectivity index (χ0v) is 19.1. The van der Waals surface area contributed by atoms with Crippen LogP contribution in [0, 0.1) is 6.92 Å². The monoisotopic (exact) mass is 463 g/mol. The maximum atomic E-state index is 6.04. The summed E-state index contributed by atoms with van der Waals surface area (Å²) in [7, 11) is 1.57. The second-order valence-electron chi connectivity index (χ2n) is 8.57. The molecule has 0 spiro atoms. The summed E-state index contributed by atoms with van der Waals surface area (Å²) < 4.78 is 23.8. The summed E-state index contributed by atoms with van der Waals surface area (Å²) >= 11 is 0. The Bertz CT molecular complexity index is 1330. The molecule has 0 bridgehead atoms. The van der Waals surface area contributed by atoms with Crippen LogP contribution < -0.4 is 9.47 Å². The van der Waals surface area contributed by atoms with Gasteiger partial charge in [-0.05, 0) is 25.0 Å². The fourth-order valence-electron chi connectivity index (χ4n) is 4.50. The number of nitrogens with zero attached hydrogens (tertiary/aromatic N) is 7. The molecule has 6 heterocycles. The van der Waals surface area contributed by atoms with E-state index in [0.717, 1.165) is 50.5 Å². The molecule has 1 saturated heterocycles. The average molecular weight is 463 g/mol. The molecule has 1 atom stereocenters. The van der Waals surface area contributed by atoms with Gasteiger partial charge in [-0.25, -0.2) is 0 Å². The largest absolute Gasteiger partial charge is 0.491 e. The van der Waals surface area contributed by atoms with Gasteiger partial charge in [0.15, 0.2) is 17.1 Å². The van der Waals surface area contributed by atoms with Crippen LogP contribution in [-0.2, 0) is 24.3 Å². The van der Waals surface area contributed by atoms with E-state index in [0.29, 0.717) is 40.6 Å². The van der Waals surface area contributed by atoms with Gasteiger partial charge < -0.3 is 18.7 Å². The summed E-state index contributed by atoms with van der Waals surface area (Å²) in [6, 6.07) is 8.20. The second-order valence-corrected chi connectivity index (χ2v) is 8.57. The van der Waals surface area contributed by atoms with Crippen molar-refractivity contribution < 1.29 is 18.7 Å². The van der Waals surface area contributed by atoms with E-state index in [1.807, 2.05) is 13.0 Å². The van der Waals surface area contributed by atoms with Crippen LogP contribution in [0.5, 0.6) is 11.6 Å². The Labute approximate surface area is 195 Å². The fraction of sp³-hybridized carbons (Fsp3) is 0.435. The quantitative estimate of drug-likeness (QED) is 0.422. The van der Waals surface area contributed by atoms with Crippen molar-refractivity contribution in [3.05, 3.63) is 47.0 Å². The third-order valence-corrected chi connectivity index (χ3v) is 6.32. The maximum absolute atomic E-state index is 6.04. The van der Waals surface area contributed by atoms with Crippen LogP contribution in [0.4, 0.5) is 0 Å². The third kappa shape index (κ3) is 3.86. The molecule has 2 aliphatic heterocycles. The van der Waals surface area contributed by atoms with Crippen molar-refractivity contribution in [1.82, 2.24) is 34.9 Å². The van der Waals surface area contributed by atoms with Gasteiger partial charge in [0.05, 0.1) is 19.4 Å². The van der Waals surface area contributed by atoms with Crippen molar-refractivity contribution in [1.29, 1.82) is 0 Å². The zero-order valence-electron chi connectivity index (χ0n) is 19.1. The molecule has 0 radical (unpaired) electrons. The molecule has 176 valence electrons. The first kappa shape index (κ1) is 21.0. The number of rotatable bonds is 6. The Kier molecular flexibility index (Phi) is 5.34. The van der Waals surface area contributed by atoms with Crippen LogP contribution >= 0.6 is 0 Å². The lowest BCUT2D eigenvalue weighted by atomic mass is 10.0. The molecule has 34 heavy (non-hydrogen) atoms. The van der Waals surface area contributed by atoms with Crippen LogP contribution in [-0.4, -0.2) is 67.8 Å². The maximum Gasteiger partial charge on any atom is 0.275 e. The topological polar surface area (TPSA) is 113 Å². The van der Waals surface area contributed by atoms with Gasteiger partial charge in [0, 0.05) is 50.0 Å². The smallest absolute Gasteiger partial charge is 0.275 e. The van der Waals surface area contributed by atoms with Crippen LogP contribution in [0.25, 0.3) is 17.2 Å². The normalized spacial score (nSPS) is 18.4. The molecule has 6 rings (SSSR count). The fourth-order valence-corrected chi connectivity index (χ4v) is 4.50. The first-order chi connectivity index (χ1) is 16.7. The van der Waals surface area contributed by atoms with Gasteiger partial charge in [0.2, 0.25) is 5.82 Å². The predicted molar refractivity (Wildman–Crippen MR) is 119 cm³/mol. The van der Waals surface area contributed by atoms with E-state index in [1.54, 1.807) is 23.8 Å². The highest BCUT2D eigenvalue weighted by atomic mass is 16.5. The lowest BCUT2D eigenvalue weighted by Gasteiger charge is -2.32. The van der Waals surface area contributed by atoms with Crippen LogP contribution in [0.1, 0.15) is 29.1 Å². The molecular formula is C23H25N7O4. The minimum absolute atomic E-state index is 0.267. The van der Waals surface area contributed by atoms with Gasteiger partial charge in [-0.3, -0.25) is 9.88 Å². The van der Waals surface area contributed by atoms with Crippen molar-refractivity contribution in [3.8, 4) is 23.1 Å². The van der Waals surface area contributed by atoms with Gasteiger partial charge in [-0.2, -0.15) is 4.52 Å². The van der Waals surface area contributed by atoms with E-state index in [4.69, 9.17) is 23.7 Å². The van der Waals surface area contributed by atoms with Crippen LogP contribution in [0.15, 0.2) is 28.8 Å². The Hall–Kier alpha value is -3.57. The Balaban J connectivity index is 1.21. The summed E-state index contributed by atoms with van der Waals surface area (Å²) in [5.74, 6) is 1.93. The Morgan fingerprint density at radius 1 is 1.21 bits per heavy atom. The lowest BCUT2D eigenvalue weighted by molar-refractivity contribution is 0.134. The number of aryl methyl sites for hydroxylation is 1. The van der Waals surface area contributed by atoms with Gasteiger partial charge in [0.25, 0.3) is 5.88 Å².